The Morgan fingerprint density at radius 2 is 2.11 bits per heavy atom. The smallest absolute Gasteiger partial charge is 0.124 e. The number of nitrogens with zero attached hydrogens (tertiary/aromatic N) is 1. The number of nitrogen functional groups attached to an aromatic ring is 1. The molecule has 1 aliphatic heterocycles. The Kier molecular flexibility index (Phi) is 3.30. The van der Waals surface area contributed by atoms with Gasteiger partial charge in [-0.25, -0.2) is 0 Å². The van der Waals surface area contributed by atoms with Gasteiger partial charge in [-0.05, 0) is 32.9 Å². The molecule has 1 saturated heterocycles. The molecule has 0 saturated carbocycles. The molecule has 4 heteroatoms. The Balaban J connectivity index is 2.34. The fourth-order valence-electron chi connectivity index (χ4n) is 2.61. The zero-order valence-electron chi connectivity index (χ0n) is 11.2. The van der Waals surface area contributed by atoms with Crippen molar-refractivity contribution >= 4 is 11.5 Å². The molecule has 1 aromatic rings. The van der Waals surface area contributed by atoms with E-state index in [0.29, 0.717) is 0 Å². The van der Waals surface area contributed by atoms with E-state index in [-0.39, 0.29) is 17.5 Å². The molecule has 1 fully saturated rings. The molecule has 4 nitrogen and oxygen atoms in total. The number of nitrogens with two attached hydrogens (primary N) is 1. The standard InChI is InChI=1S/C14H21N3O/c1-10-8-17(9-14(2,3)18-10)12-7-5-4-6-11(12)13(15)16/h4-7,10H,8-9H2,1-3H3,(H3,15,16). The number of anilines is 1. The van der Waals surface area contributed by atoms with Crippen molar-refractivity contribution in [1.82, 2.24) is 0 Å². The number of nitrogens with one attached hydrogen (secondary N) is 1. The third kappa shape index (κ3) is 2.64. The van der Waals surface area contributed by atoms with E-state index in [4.69, 9.17) is 15.9 Å². The molecular formula is C14H21N3O. The third-order valence-electron chi connectivity index (χ3n) is 3.10. The first-order valence-corrected chi connectivity index (χ1v) is 6.25. The van der Waals surface area contributed by atoms with Gasteiger partial charge in [0.1, 0.15) is 5.84 Å². The second-order valence-corrected chi connectivity index (χ2v) is 5.50. The summed E-state index contributed by atoms with van der Waals surface area (Å²) in [6.45, 7) is 7.89. The lowest BCUT2D eigenvalue weighted by molar-refractivity contribution is -0.0749. The molecule has 0 bridgehead atoms. The average molecular weight is 247 g/mol. The first kappa shape index (κ1) is 12.9. The molecule has 1 aliphatic rings. The van der Waals surface area contributed by atoms with Gasteiger partial charge in [-0.2, -0.15) is 0 Å². The van der Waals surface area contributed by atoms with Gasteiger partial charge in [-0.1, -0.05) is 12.1 Å². The minimum atomic E-state index is -0.179. The molecule has 0 radical (unpaired) electrons. The highest BCUT2D eigenvalue weighted by molar-refractivity contribution is 6.00. The van der Waals surface area contributed by atoms with Crippen LogP contribution in [0, 0.1) is 5.41 Å². The summed E-state index contributed by atoms with van der Waals surface area (Å²) in [5.74, 6) is 0.113. The third-order valence-corrected chi connectivity index (χ3v) is 3.10. The van der Waals surface area contributed by atoms with Crippen LogP contribution in [0.5, 0.6) is 0 Å². The van der Waals surface area contributed by atoms with Crippen molar-refractivity contribution in [2.75, 3.05) is 18.0 Å². The first-order chi connectivity index (χ1) is 8.39. The number of morpholine rings is 1. The van der Waals surface area contributed by atoms with Gasteiger partial charge < -0.3 is 15.4 Å². The number of amidine groups is 1. The second-order valence-electron chi connectivity index (χ2n) is 5.50. The van der Waals surface area contributed by atoms with Gasteiger partial charge in [-0.3, -0.25) is 5.41 Å². The summed E-state index contributed by atoms with van der Waals surface area (Å²) in [7, 11) is 0. The molecule has 0 spiro atoms. The van der Waals surface area contributed by atoms with Crippen molar-refractivity contribution in [1.29, 1.82) is 5.41 Å². The maximum Gasteiger partial charge on any atom is 0.124 e. The maximum atomic E-state index is 7.66. The highest BCUT2D eigenvalue weighted by atomic mass is 16.5. The fourth-order valence-corrected chi connectivity index (χ4v) is 2.61. The van der Waals surface area contributed by atoms with Gasteiger partial charge in [0.25, 0.3) is 0 Å². The molecule has 3 N–H and O–H groups in total. The van der Waals surface area contributed by atoms with E-state index in [1.165, 1.54) is 0 Å². The molecule has 2 rings (SSSR count). The summed E-state index contributed by atoms with van der Waals surface area (Å²) >= 11 is 0. The Morgan fingerprint density at radius 1 is 1.44 bits per heavy atom. The topological polar surface area (TPSA) is 62.3 Å². The normalized spacial score (nSPS) is 22.8. The van der Waals surface area contributed by atoms with Gasteiger partial charge in [0.2, 0.25) is 0 Å². The molecular weight excluding hydrogens is 226 g/mol. The van der Waals surface area contributed by atoms with E-state index in [1.807, 2.05) is 24.3 Å². The van der Waals surface area contributed by atoms with Gasteiger partial charge in [0.15, 0.2) is 0 Å². The lowest BCUT2D eigenvalue weighted by Gasteiger charge is -2.43. The largest absolute Gasteiger partial charge is 0.384 e. The van der Waals surface area contributed by atoms with E-state index in [9.17, 15) is 0 Å². The number of hydrogen-bond donors (Lipinski definition) is 2. The highest BCUT2D eigenvalue weighted by Crippen LogP contribution is 2.28. The number of rotatable bonds is 2. The summed E-state index contributed by atoms with van der Waals surface area (Å²) < 4.78 is 5.90. The molecule has 1 heterocycles. The summed E-state index contributed by atoms with van der Waals surface area (Å²) in [5, 5.41) is 7.66. The monoisotopic (exact) mass is 247 g/mol. The van der Waals surface area contributed by atoms with Crippen molar-refractivity contribution in [3.8, 4) is 0 Å². The van der Waals surface area contributed by atoms with Gasteiger partial charge >= 0.3 is 0 Å². The van der Waals surface area contributed by atoms with Crippen LogP contribution in [-0.2, 0) is 4.74 Å². The predicted molar refractivity (Wildman–Crippen MR) is 74.3 cm³/mol. The zero-order valence-corrected chi connectivity index (χ0v) is 11.2. The van der Waals surface area contributed by atoms with E-state index in [2.05, 4.69) is 25.7 Å². The van der Waals surface area contributed by atoms with Crippen LogP contribution in [0.25, 0.3) is 0 Å². The Labute approximate surface area is 108 Å². The molecule has 0 aromatic heterocycles. The molecule has 1 atom stereocenters. The summed E-state index contributed by atoms with van der Waals surface area (Å²) in [6, 6.07) is 7.81. The van der Waals surface area contributed by atoms with Gasteiger partial charge in [0, 0.05) is 24.3 Å². The van der Waals surface area contributed by atoms with E-state index < -0.39 is 0 Å². The fraction of sp³-hybridized carbons (Fsp3) is 0.500. The van der Waals surface area contributed by atoms with Crippen LogP contribution in [0.15, 0.2) is 24.3 Å². The maximum absolute atomic E-state index is 7.66. The lowest BCUT2D eigenvalue weighted by atomic mass is 10.0. The highest BCUT2D eigenvalue weighted by Gasteiger charge is 2.32. The molecule has 1 unspecified atom stereocenters. The van der Waals surface area contributed by atoms with Crippen molar-refractivity contribution in [3.05, 3.63) is 29.8 Å². The van der Waals surface area contributed by atoms with E-state index in [1.54, 1.807) is 0 Å². The number of benzene rings is 1. The van der Waals surface area contributed by atoms with Crippen LogP contribution >= 0.6 is 0 Å². The quantitative estimate of drug-likeness (QED) is 0.620. The SMILES string of the molecule is CC1CN(c2ccccc2C(=N)N)CC(C)(C)O1. The van der Waals surface area contributed by atoms with Crippen LogP contribution in [0.1, 0.15) is 26.3 Å². The number of para-hydroxylation sites is 1. The average Bonchev–Trinajstić information content (AvgIpc) is 2.26. The Hall–Kier alpha value is -1.55. The molecule has 0 aliphatic carbocycles. The lowest BCUT2D eigenvalue weighted by Crippen LogP contribution is -2.52. The van der Waals surface area contributed by atoms with E-state index >= 15 is 0 Å². The van der Waals surface area contributed by atoms with Crippen molar-refractivity contribution in [3.63, 3.8) is 0 Å². The van der Waals surface area contributed by atoms with Crippen LogP contribution in [0.3, 0.4) is 0 Å². The predicted octanol–water partition coefficient (Wildman–Crippen LogP) is 1.97. The van der Waals surface area contributed by atoms with E-state index in [0.717, 1.165) is 24.3 Å². The van der Waals surface area contributed by atoms with Crippen LogP contribution in [0.4, 0.5) is 5.69 Å². The van der Waals surface area contributed by atoms with Crippen LogP contribution in [0.2, 0.25) is 0 Å². The van der Waals surface area contributed by atoms with Crippen LogP contribution in [-0.4, -0.2) is 30.6 Å². The minimum Gasteiger partial charge on any atom is -0.384 e. The minimum absolute atomic E-state index is 0.113. The molecule has 0 amide bonds. The second kappa shape index (κ2) is 4.61. The Bertz CT molecular complexity index is 456. The zero-order chi connectivity index (χ0) is 13.3. The van der Waals surface area contributed by atoms with Crippen molar-refractivity contribution in [2.45, 2.75) is 32.5 Å². The van der Waals surface area contributed by atoms with Gasteiger partial charge in [-0.15, -0.1) is 0 Å². The molecule has 98 valence electrons. The summed E-state index contributed by atoms with van der Waals surface area (Å²) in [5.41, 5.74) is 7.29. The molecule has 18 heavy (non-hydrogen) atoms. The van der Waals surface area contributed by atoms with Crippen molar-refractivity contribution in [2.24, 2.45) is 5.73 Å². The first-order valence-electron chi connectivity index (χ1n) is 6.25. The van der Waals surface area contributed by atoms with Crippen molar-refractivity contribution < 1.29 is 4.74 Å². The summed E-state index contributed by atoms with van der Waals surface area (Å²) in [6.07, 6.45) is 0.175. The molecule has 1 aromatic carbocycles. The Morgan fingerprint density at radius 3 is 2.72 bits per heavy atom. The number of ether oxygens (including phenoxy) is 1. The van der Waals surface area contributed by atoms with Crippen LogP contribution < -0.4 is 10.6 Å². The van der Waals surface area contributed by atoms with Gasteiger partial charge in [0.05, 0.1) is 11.7 Å². The summed E-state index contributed by atoms with van der Waals surface area (Å²) in [4.78, 5) is 2.25. The number of hydrogen-bond acceptors (Lipinski definition) is 3.